The first-order valence-corrected chi connectivity index (χ1v) is 5.05. The highest BCUT2D eigenvalue weighted by Gasteiger charge is 2.43. The van der Waals surface area contributed by atoms with E-state index in [2.05, 4.69) is 4.74 Å². The van der Waals surface area contributed by atoms with Gasteiger partial charge in [-0.3, -0.25) is 0 Å². The number of alkyl halides is 6. The van der Waals surface area contributed by atoms with Crippen LogP contribution in [0.4, 0.5) is 61.5 Å². The molecule has 0 rings (SSSR count). The standard InChI is InChI=1S/C10F14O/c11-1(5(13)9(19,20)21)3(7(15)16)25-4(8(17)18)2(12)6(14)10(22,23)24. The molecule has 0 aliphatic rings. The number of rotatable bonds is 4. The monoisotopic (exact) mass is 402 g/mol. The van der Waals surface area contributed by atoms with Crippen LogP contribution in [-0.4, -0.2) is 12.4 Å². The van der Waals surface area contributed by atoms with Gasteiger partial charge in [0.25, 0.3) is 0 Å². The molecule has 0 saturated heterocycles. The minimum absolute atomic E-state index is 2.84. The van der Waals surface area contributed by atoms with Gasteiger partial charge in [-0.15, -0.1) is 0 Å². The van der Waals surface area contributed by atoms with Crippen LogP contribution in [-0.2, 0) is 4.74 Å². The van der Waals surface area contributed by atoms with E-state index in [4.69, 9.17) is 0 Å². The van der Waals surface area contributed by atoms with Gasteiger partial charge in [0.1, 0.15) is 0 Å². The Morgan fingerprint density at radius 3 is 0.880 bits per heavy atom. The zero-order valence-corrected chi connectivity index (χ0v) is 10.7. The molecule has 0 saturated carbocycles. The van der Waals surface area contributed by atoms with E-state index in [0.717, 1.165) is 0 Å². The summed E-state index contributed by atoms with van der Waals surface area (Å²) in [6.07, 6.45) is -20.2. The van der Waals surface area contributed by atoms with Crippen molar-refractivity contribution in [2.24, 2.45) is 0 Å². The van der Waals surface area contributed by atoms with Crippen LogP contribution in [0.1, 0.15) is 0 Å². The Balaban J connectivity index is 6.30. The lowest BCUT2D eigenvalue weighted by molar-refractivity contribution is -0.111. The largest absolute Gasteiger partial charge is 0.446 e. The van der Waals surface area contributed by atoms with E-state index >= 15 is 0 Å². The second kappa shape index (κ2) is 7.77. The van der Waals surface area contributed by atoms with E-state index < -0.39 is 59.3 Å². The first kappa shape index (κ1) is 22.8. The van der Waals surface area contributed by atoms with E-state index in [-0.39, 0.29) is 0 Å². The second-order valence-corrected chi connectivity index (χ2v) is 3.53. The summed E-state index contributed by atoms with van der Waals surface area (Å²) in [5, 5.41) is 0. The molecule has 1 nitrogen and oxygen atoms in total. The van der Waals surface area contributed by atoms with Gasteiger partial charge >= 0.3 is 24.5 Å². The Hall–Kier alpha value is -2.22. The lowest BCUT2D eigenvalue weighted by Crippen LogP contribution is -2.13. The van der Waals surface area contributed by atoms with Crippen molar-refractivity contribution in [1.29, 1.82) is 0 Å². The fraction of sp³-hybridized carbons (Fsp3) is 0.200. The topological polar surface area (TPSA) is 9.23 Å². The number of hydrogen-bond donors (Lipinski definition) is 0. The number of allylic oxidation sites excluding steroid dienone is 4. The van der Waals surface area contributed by atoms with E-state index in [1.54, 1.807) is 0 Å². The van der Waals surface area contributed by atoms with Crippen LogP contribution < -0.4 is 0 Å². The SMILES string of the molecule is FC(F)=C(OC(=C(F)F)C(F)=C(F)C(F)(F)F)C(F)=C(F)C(F)(F)F. The zero-order chi connectivity index (χ0) is 20.3. The van der Waals surface area contributed by atoms with Gasteiger partial charge in [0.2, 0.25) is 34.8 Å². The van der Waals surface area contributed by atoms with E-state index in [1.165, 1.54) is 0 Å². The summed E-state index contributed by atoms with van der Waals surface area (Å²) < 4.78 is 174. The summed E-state index contributed by atoms with van der Waals surface area (Å²) >= 11 is 0. The van der Waals surface area contributed by atoms with Gasteiger partial charge < -0.3 is 4.74 Å². The van der Waals surface area contributed by atoms with Crippen molar-refractivity contribution in [2.45, 2.75) is 12.4 Å². The second-order valence-electron chi connectivity index (χ2n) is 3.53. The third kappa shape index (κ3) is 5.97. The van der Waals surface area contributed by atoms with Gasteiger partial charge in [-0.05, 0) is 0 Å². The Morgan fingerprint density at radius 2 is 0.720 bits per heavy atom. The fourth-order valence-corrected chi connectivity index (χ4v) is 0.883. The highest BCUT2D eigenvalue weighted by molar-refractivity contribution is 5.32. The molecule has 0 fully saturated rings. The first-order chi connectivity index (χ1) is 11.0. The maximum absolute atomic E-state index is 12.9. The molecule has 0 aliphatic carbocycles. The van der Waals surface area contributed by atoms with Crippen LogP contribution in [0.5, 0.6) is 0 Å². The maximum Gasteiger partial charge on any atom is 0.446 e. The summed E-state index contributed by atoms with van der Waals surface area (Å²) in [6, 6.07) is 0. The van der Waals surface area contributed by atoms with Crippen molar-refractivity contribution in [1.82, 2.24) is 0 Å². The average molecular weight is 402 g/mol. The summed E-state index contributed by atoms with van der Waals surface area (Å²) in [5.74, 6) is -22.0. The summed E-state index contributed by atoms with van der Waals surface area (Å²) in [5.41, 5.74) is 0. The van der Waals surface area contributed by atoms with E-state index in [0.29, 0.717) is 0 Å². The fourth-order valence-electron chi connectivity index (χ4n) is 0.883. The molecule has 0 radical (unpaired) electrons. The Kier molecular flexibility index (Phi) is 7.08. The molecule has 0 unspecified atom stereocenters. The Morgan fingerprint density at radius 1 is 0.480 bits per heavy atom. The Labute approximate surface area is 127 Å². The molecule has 0 aliphatic heterocycles. The van der Waals surface area contributed by atoms with Crippen molar-refractivity contribution in [2.75, 3.05) is 0 Å². The quantitative estimate of drug-likeness (QED) is 0.291. The van der Waals surface area contributed by atoms with E-state index in [1.807, 2.05) is 0 Å². The molecule has 0 N–H and O–H groups in total. The molecule has 0 atom stereocenters. The average Bonchev–Trinajstić information content (AvgIpc) is 2.42. The van der Waals surface area contributed by atoms with Gasteiger partial charge in [0.05, 0.1) is 0 Å². The highest BCUT2D eigenvalue weighted by atomic mass is 19.4. The molecule has 25 heavy (non-hydrogen) atoms. The number of hydrogen-bond acceptors (Lipinski definition) is 1. The smallest absolute Gasteiger partial charge is 0.440 e. The van der Waals surface area contributed by atoms with Crippen LogP contribution in [0.15, 0.2) is 47.0 Å². The summed E-state index contributed by atoms with van der Waals surface area (Å²) in [7, 11) is 0. The van der Waals surface area contributed by atoms with Gasteiger partial charge in [0.15, 0.2) is 0 Å². The van der Waals surface area contributed by atoms with Gasteiger partial charge in [-0.25, -0.2) is 0 Å². The molecule has 0 aromatic heterocycles. The van der Waals surface area contributed by atoms with Crippen LogP contribution in [0.2, 0.25) is 0 Å². The molecule has 0 aromatic carbocycles. The molecule has 144 valence electrons. The van der Waals surface area contributed by atoms with Crippen LogP contribution in [0, 0.1) is 0 Å². The summed E-state index contributed by atoms with van der Waals surface area (Å²) in [4.78, 5) is 0. The van der Waals surface area contributed by atoms with Gasteiger partial charge in [-0.2, -0.15) is 61.5 Å². The maximum atomic E-state index is 12.9. The molecule has 0 amide bonds. The predicted molar refractivity (Wildman–Crippen MR) is 50.2 cm³/mol. The molecular weight excluding hydrogens is 402 g/mol. The minimum Gasteiger partial charge on any atom is -0.440 e. The van der Waals surface area contributed by atoms with Gasteiger partial charge in [-0.1, -0.05) is 0 Å². The number of halogens is 14. The van der Waals surface area contributed by atoms with Crippen LogP contribution in [0.3, 0.4) is 0 Å². The Bertz CT molecular complexity index is 580. The lowest BCUT2D eigenvalue weighted by atomic mass is 10.3. The number of ether oxygens (including phenoxy) is 1. The molecule has 0 heterocycles. The van der Waals surface area contributed by atoms with Crippen LogP contribution >= 0.6 is 0 Å². The molecule has 0 aromatic rings. The van der Waals surface area contributed by atoms with Gasteiger partial charge in [0, 0.05) is 0 Å². The van der Waals surface area contributed by atoms with Crippen molar-refractivity contribution >= 4 is 0 Å². The minimum atomic E-state index is -6.28. The van der Waals surface area contributed by atoms with E-state index in [9.17, 15) is 61.5 Å². The molecule has 0 spiro atoms. The predicted octanol–water partition coefficient (Wildman–Crippen LogP) is 6.65. The van der Waals surface area contributed by atoms with Crippen molar-refractivity contribution in [3.63, 3.8) is 0 Å². The van der Waals surface area contributed by atoms with Crippen molar-refractivity contribution < 1.29 is 66.2 Å². The molecule has 15 heteroatoms. The highest BCUT2D eigenvalue weighted by Crippen LogP contribution is 2.39. The van der Waals surface area contributed by atoms with Crippen molar-refractivity contribution in [3.8, 4) is 0 Å². The lowest BCUT2D eigenvalue weighted by Gasteiger charge is -2.12. The third-order valence-electron chi connectivity index (χ3n) is 1.83. The first-order valence-electron chi connectivity index (χ1n) is 5.05. The third-order valence-corrected chi connectivity index (χ3v) is 1.83. The molecular formula is C10F14O. The summed E-state index contributed by atoms with van der Waals surface area (Å²) in [6.45, 7) is 0. The molecule has 0 bridgehead atoms. The zero-order valence-electron chi connectivity index (χ0n) is 10.7. The normalized spacial score (nSPS) is 14.5. The van der Waals surface area contributed by atoms with Crippen LogP contribution in [0.25, 0.3) is 0 Å². The van der Waals surface area contributed by atoms with Crippen molar-refractivity contribution in [3.05, 3.63) is 47.0 Å².